The van der Waals surface area contributed by atoms with Crippen LogP contribution in [0.2, 0.25) is 10.0 Å². The zero-order valence-electron chi connectivity index (χ0n) is 10.7. The zero-order chi connectivity index (χ0) is 14.4. The van der Waals surface area contributed by atoms with Gasteiger partial charge in [-0.05, 0) is 36.4 Å². The summed E-state index contributed by atoms with van der Waals surface area (Å²) in [5.74, 6) is -0.0631. The van der Waals surface area contributed by atoms with E-state index in [1.54, 1.807) is 30.3 Å². The molecule has 20 heavy (non-hydrogen) atoms. The van der Waals surface area contributed by atoms with Gasteiger partial charge in [0.2, 0.25) is 5.91 Å². The highest BCUT2D eigenvalue weighted by atomic mass is 35.5. The second-order valence-electron chi connectivity index (χ2n) is 4.21. The Bertz CT molecular complexity index is 585. The third-order valence-corrected chi connectivity index (χ3v) is 3.25. The maximum Gasteiger partial charge on any atom is 0.226 e. The van der Waals surface area contributed by atoms with Crippen molar-refractivity contribution >= 4 is 40.5 Å². The summed E-state index contributed by atoms with van der Waals surface area (Å²) < 4.78 is 0. The van der Waals surface area contributed by atoms with E-state index in [0.29, 0.717) is 23.0 Å². The van der Waals surface area contributed by atoms with E-state index < -0.39 is 0 Å². The largest absolute Gasteiger partial charge is 0.383 e. The van der Waals surface area contributed by atoms with E-state index in [9.17, 15) is 4.79 Å². The summed E-state index contributed by atoms with van der Waals surface area (Å²) in [6.45, 7) is 0.517. The topological polar surface area (TPSA) is 41.1 Å². The van der Waals surface area contributed by atoms with Crippen LogP contribution in [0.5, 0.6) is 0 Å². The van der Waals surface area contributed by atoms with Gasteiger partial charge in [0, 0.05) is 23.7 Å². The molecule has 0 unspecified atom stereocenters. The van der Waals surface area contributed by atoms with E-state index in [1.165, 1.54) is 0 Å². The van der Waals surface area contributed by atoms with Crippen molar-refractivity contribution in [1.29, 1.82) is 0 Å². The predicted molar refractivity (Wildman–Crippen MR) is 84.6 cm³/mol. The monoisotopic (exact) mass is 308 g/mol. The highest BCUT2D eigenvalue weighted by Gasteiger charge is 2.03. The highest BCUT2D eigenvalue weighted by Crippen LogP contribution is 2.20. The molecule has 0 bridgehead atoms. The van der Waals surface area contributed by atoms with Crippen LogP contribution in [0.25, 0.3) is 0 Å². The number of carbonyl (C=O) groups is 1. The Kier molecular flexibility index (Phi) is 5.27. The number of hydrogen-bond acceptors (Lipinski definition) is 2. The van der Waals surface area contributed by atoms with E-state index in [0.717, 1.165) is 11.4 Å². The third kappa shape index (κ3) is 4.44. The maximum absolute atomic E-state index is 11.8. The van der Waals surface area contributed by atoms with Crippen LogP contribution in [0, 0.1) is 0 Å². The Morgan fingerprint density at radius 1 is 1.00 bits per heavy atom. The molecule has 3 nitrogen and oxygen atoms in total. The maximum atomic E-state index is 11.8. The van der Waals surface area contributed by atoms with E-state index in [1.807, 2.05) is 18.2 Å². The summed E-state index contributed by atoms with van der Waals surface area (Å²) >= 11 is 11.8. The fourth-order valence-corrected chi connectivity index (χ4v) is 2.00. The molecule has 0 aromatic heterocycles. The first-order valence-corrected chi connectivity index (χ1v) is 6.94. The van der Waals surface area contributed by atoms with E-state index >= 15 is 0 Å². The number of amides is 1. The molecule has 2 rings (SSSR count). The number of para-hydroxylation sites is 1. The SMILES string of the molecule is O=C(CCNc1ccccc1Cl)Nc1ccc(Cl)cc1. The summed E-state index contributed by atoms with van der Waals surface area (Å²) in [6.07, 6.45) is 0.355. The van der Waals surface area contributed by atoms with Crippen molar-refractivity contribution in [1.82, 2.24) is 0 Å². The molecule has 0 aliphatic carbocycles. The van der Waals surface area contributed by atoms with Crippen LogP contribution >= 0.6 is 23.2 Å². The van der Waals surface area contributed by atoms with Crippen molar-refractivity contribution in [2.75, 3.05) is 17.2 Å². The fraction of sp³-hybridized carbons (Fsp3) is 0.133. The number of rotatable bonds is 5. The Labute approximate surface area is 127 Å². The number of benzene rings is 2. The molecule has 0 aliphatic rings. The van der Waals surface area contributed by atoms with Gasteiger partial charge in [-0.1, -0.05) is 35.3 Å². The van der Waals surface area contributed by atoms with Crippen LogP contribution in [0.4, 0.5) is 11.4 Å². The van der Waals surface area contributed by atoms with Crippen molar-refractivity contribution < 1.29 is 4.79 Å². The van der Waals surface area contributed by atoms with Gasteiger partial charge in [0.1, 0.15) is 0 Å². The Morgan fingerprint density at radius 2 is 1.70 bits per heavy atom. The molecule has 0 saturated carbocycles. The van der Waals surface area contributed by atoms with Gasteiger partial charge in [-0.3, -0.25) is 4.79 Å². The fourth-order valence-electron chi connectivity index (χ4n) is 1.67. The van der Waals surface area contributed by atoms with E-state index in [4.69, 9.17) is 23.2 Å². The van der Waals surface area contributed by atoms with Gasteiger partial charge < -0.3 is 10.6 Å². The number of carbonyl (C=O) groups excluding carboxylic acids is 1. The molecule has 5 heteroatoms. The average molecular weight is 309 g/mol. The molecule has 2 aromatic carbocycles. The molecule has 0 fully saturated rings. The number of hydrogen-bond donors (Lipinski definition) is 2. The Balaban J connectivity index is 1.78. The normalized spacial score (nSPS) is 10.1. The van der Waals surface area contributed by atoms with Crippen LogP contribution in [0.15, 0.2) is 48.5 Å². The van der Waals surface area contributed by atoms with Gasteiger partial charge in [0.05, 0.1) is 10.7 Å². The molecule has 0 aliphatic heterocycles. The van der Waals surface area contributed by atoms with Crippen LogP contribution < -0.4 is 10.6 Å². The van der Waals surface area contributed by atoms with Crippen molar-refractivity contribution in [2.24, 2.45) is 0 Å². The highest BCUT2D eigenvalue weighted by molar-refractivity contribution is 6.33. The molecule has 0 heterocycles. The summed E-state index contributed by atoms with van der Waals surface area (Å²) in [5.41, 5.74) is 1.56. The van der Waals surface area contributed by atoms with E-state index in [-0.39, 0.29) is 5.91 Å². The molecular weight excluding hydrogens is 295 g/mol. The zero-order valence-corrected chi connectivity index (χ0v) is 12.2. The molecule has 0 radical (unpaired) electrons. The van der Waals surface area contributed by atoms with Crippen LogP contribution in [-0.4, -0.2) is 12.5 Å². The molecular formula is C15H14Cl2N2O. The van der Waals surface area contributed by atoms with Crippen molar-refractivity contribution in [3.8, 4) is 0 Å². The number of nitrogens with one attached hydrogen (secondary N) is 2. The van der Waals surface area contributed by atoms with Gasteiger partial charge in [0.25, 0.3) is 0 Å². The van der Waals surface area contributed by atoms with E-state index in [2.05, 4.69) is 10.6 Å². The minimum atomic E-state index is -0.0631. The molecule has 2 N–H and O–H groups in total. The Hall–Kier alpha value is -1.71. The summed E-state index contributed by atoms with van der Waals surface area (Å²) in [7, 11) is 0. The quantitative estimate of drug-likeness (QED) is 0.857. The lowest BCUT2D eigenvalue weighted by Gasteiger charge is -2.08. The first-order chi connectivity index (χ1) is 9.65. The summed E-state index contributed by atoms with van der Waals surface area (Å²) in [5, 5.41) is 7.21. The Morgan fingerprint density at radius 3 is 2.40 bits per heavy atom. The third-order valence-electron chi connectivity index (χ3n) is 2.67. The second kappa shape index (κ2) is 7.17. The number of halogens is 2. The number of anilines is 2. The first kappa shape index (κ1) is 14.7. The lowest BCUT2D eigenvalue weighted by Crippen LogP contribution is -2.16. The summed E-state index contributed by atoms with van der Waals surface area (Å²) in [4.78, 5) is 11.8. The van der Waals surface area contributed by atoms with Gasteiger partial charge in [-0.15, -0.1) is 0 Å². The van der Waals surface area contributed by atoms with Crippen LogP contribution in [-0.2, 0) is 4.79 Å². The van der Waals surface area contributed by atoms with Crippen molar-refractivity contribution in [3.63, 3.8) is 0 Å². The molecule has 0 atom stereocenters. The lowest BCUT2D eigenvalue weighted by atomic mass is 10.3. The molecule has 1 amide bonds. The average Bonchev–Trinajstić information content (AvgIpc) is 2.43. The van der Waals surface area contributed by atoms with Gasteiger partial charge >= 0.3 is 0 Å². The first-order valence-electron chi connectivity index (χ1n) is 6.19. The summed E-state index contributed by atoms with van der Waals surface area (Å²) in [6, 6.07) is 14.4. The molecule has 0 spiro atoms. The van der Waals surface area contributed by atoms with Crippen molar-refractivity contribution in [2.45, 2.75) is 6.42 Å². The standard InChI is InChI=1S/C15H14Cl2N2O/c16-11-5-7-12(8-6-11)19-15(20)9-10-18-14-4-2-1-3-13(14)17/h1-8,18H,9-10H2,(H,19,20). The van der Waals surface area contributed by atoms with Gasteiger partial charge in [-0.2, -0.15) is 0 Å². The minimum Gasteiger partial charge on any atom is -0.383 e. The smallest absolute Gasteiger partial charge is 0.226 e. The van der Waals surface area contributed by atoms with Gasteiger partial charge in [0.15, 0.2) is 0 Å². The molecule has 0 saturated heterocycles. The van der Waals surface area contributed by atoms with Crippen molar-refractivity contribution in [3.05, 3.63) is 58.6 Å². The molecule has 2 aromatic rings. The lowest BCUT2D eigenvalue weighted by molar-refractivity contribution is -0.115. The van der Waals surface area contributed by atoms with Crippen LogP contribution in [0.3, 0.4) is 0 Å². The minimum absolute atomic E-state index is 0.0631. The van der Waals surface area contributed by atoms with Crippen LogP contribution in [0.1, 0.15) is 6.42 Å². The van der Waals surface area contributed by atoms with Gasteiger partial charge in [-0.25, -0.2) is 0 Å². The second-order valence-corrected chi connectivity index (χ2v) is 5.06. The predicted octanol–water partition coefficient (Wildman–Crippen LogP) is 4.43. The molecule has 104 valence electrons.